The zero-order valence-electron chi connectivity index (χ0n) is 14.9. The van der Waals surface area contributed by atoms with E-state index in [0.717, 1.165) is 28.6 Å². The Morgan fingerprint density at radius 2 is 1.93 bits per heavy atom. The Labute approximate surface area is 166 Å². The number of anilines is 1. The second-order valence-electron chi connectivity index (χ2n) is 5.89. The summed E-state index contributed by atoms with van der Waals surface area (Å²) in [6.45, 7) is 4.19. The van der Waals surface area contributed by atoms with Crippen molar-refractivity contribution in [3.8, 4) is 5.75 Å². The highest BCUT2D eigenvalue weighted by atomic mass is 35.5. The van der Waals surface area contributed by atoms with Gasteiger partial charge in [-0.2, -0.15) is 0 Å². The third-order valence-corrected chi connectivity index (χ3v) is 4.63. The number of para-hydroxylation sites is 1. The molecule has 27 heavy (non-hydrogen) atoms. The third kappa shape index (κ3) is 5.74. The zero-order valence-corrected chi connectivity index (χ0v) is 16.4. The molecule has 0 atom stereocenters. The van der Waals surface area contributed by atoms with E-state index in [9.17, 15) is 4.79 Å². The first kappa shape index (κ1) is 19.3. The summed E-state index contributed by atoms with van der Waals surface area (Å²) in [6, 6.07) is 13.0. The van der Waals surface area contributed by atoms with Crippen LogP contribution < -0.4 is 10.1 Å². The minimum atomic E-state index is -0.209. The molecular weight excluding hydrogens is 386 g/mol. The van der Waals surface area contributed by atoms with Gasteiger partial charge in [-0.15, -0.1) is 10.2 Å². The van der Waals surface area contributed by atoms with Gasteiger partial charge < -0.3 is 14.5 Å². The number of rotatable bonds is 7. The second-order valence-corrected chi connectivity index (χ2v) is 7.22. The van der Waals surface area contributed by atoms with Crippen molar-refractivity contribution in [1.29, 1.82) is 0 Å². The van der Waals surface area contributed by atoms with Gasteiger partial charge in [0.1, 0.15) is 5.75 Å². The summed E-state index contributed by atoms with van der Waals surface area (Å²) in [5.41, 5.74) is 2.81. The van der Waals surface area contributed by atoms with Crippen LogP contribution in [0.3, 0.4) is 0 Å². The molecule has 6 nitrogen and oxygen atoms in total. The minimum absolute atomic E-state index is 0.130. The van der Waals surface area contributed by atoms with Gasteiger partial charge in [0.25, 0.3) is 11.1 Å². The van der Waals surface area contributed by atoms with Crippen molar-refractivity contribution in [2.45, 2.75) is 25.7 Å². The molecular formula is C19H18ClN3O3S. The molecule has 0 aliphatic carbocycles. The lowest BCUT2D eigenvalue weighted by Gasteiger charge is -2.06. The number of carbonyl (C=O) groups excluding carboxylic acids is 1. The fourth-order valence-electron chi connectivity index (χ4n) is 2.39. The van der Waals surface area contributed by atoms with Crippen LogP contribution in [0.5, 0.6) is 5.75 Å². The van der Waals surface area contributed by atoms with Crippen LogP contribution in [0.4, 0.5) is 5.69 Å². The van der Waals surface area contributed by atoms with Gasteiger partial charge in [-0.05, 0) is 49.2 Å². The van der Waals surface area contributed by atoms with Crippen LogP contribution in [-0.2, 0) is 11.4 Å². The number of halogens is 1. The predicted octanol–water partition coefficient (Wildman–Crippen LogP) is 4.65. The number of aromatic nitrogens is 2. The molecule has 0 fully saturated rings. The molecule has 0 radical (unpaired) electrons. The van der Waals surface area contributed by atoms with Crippen molar-refractivity contribution in [2.24, 2.45) is 0 Å². The molecule has 0 aliphatic rings. The van der Waals surface area contributed by atoms with Gasteiger partial charge in [0.05, 0.1) is 16.5 Å². The van der Waals surface area contributed by atoms with Crippen molar-refractivity contribution in [3.63, 3.8) is 0 Å². The molecule has 3 aromatic rings. The third-order valence-electron chi connectivity index (χ3n) is 3.48. The first-order chi connectivity index (χ1) is 13.0. The number of benzene rings is 2. The number of nitrogens with zero attached hydrogens (tertiary/aromatic N) is 2. The fraction of sp³-hybridized carbons (Fsp3) is 0.211. The fourth-order valence-corrected chi connectivity index (χ4v) is 3.16. The van der Waals surface area contributed by atoms with Crippen LogP contribution in [0.1, 0.15) is 17.0 Å². The highest BCUT2D eigenvalue weighted by Crippen LogP contribution is 2.22. The first-order valence-corrected chi connectivity index (χ1v) is 9.56. The molecule has 8 heteroatoms. The molecule has 0 saturated carbocycles. The number of hydrogen-bond acceptors (Lipinski definition) is 6. The van der Waals surface area contributed by atoms with E-state index < -0.39 is 0 Å². The quantitative estimate of drug-likeness (QED) is 0.578. The second kappa shape index (κ2) is 8.92. The molecule has 3 rings (SSSR count). The number of amides is 1. The van der Waals surface area contributed by atoms with Gasteiger partial charge in [0.15, 0.2) is 6.61 Å². The van der Waals surface area contributed by atoms with Gasteiger partial charge in [-0.1, -0.05) is 41.6 Å². The highest BCUT2D eigenvalue weighted by Gasteiger charge is 2.11. The van der Waals surface area contributed by atoms with Crippen LogP contribution >= 0.6 is 23.4 Å². The molecule has 1 heterocycles. The summed E-state index contributed by atoms with van der Waals surface area (Å²) < 4.78 is 11.2. The Balaban J connectivity index is 1.49. The van der Waals surface area contributed by atoms with Crippen LogP contribution in [0, 0.1) is 13.8 Å². The summed E-state index contributed by atoms with van der Waals surface area (Å²) >= 11 is 7.17. The van der Waals surface area contributed by atoms with Crippen molar-refractivity contribution >= 4 is 35.0 Å². The summed E-state index contributed by atoms with van der Waals surface area (Å²) in [5.74, 6) is 1.02. The van der Waals surface area contributed by atoms with Gasteiger partial charge in [0.2, 0.25) is 5.91 Å². The summed E-state index contributed by atoms with van der Waals surface area (Å²) in [4.78, 5) is 12.0. The van der Waals surface area contributed by atoms with Gasteiger partial charge in [-0.25, -0.2) is 0 Å². The predicted molar refractivity (Wildman–Crippen MR) is 105 cm³/mol. The number of carbonyl (C=O) groups is 1. The van der Waals surface area contributed by atoms with Crippen LogP contribution in [0.2, 0.25) is 5.02 Å². The maximum absolute atomic E-state index is 12.0. The van der Waals surface area contributed by atoms with Crippen molar-refractivity contribution in [3.05, 3.63) is 64.5 Å². The lowest BCUT2D eigenvalue weighted by molar-refractivity contribution is -0.113. The summed E-state index contributed by atoms with van der Waals surface area (Å²) in [5, 5.41) is 11.4. The Hall–Kier alpha value is -2.51. The Morgan fingerprint density at radius 1 is 1.19 bits per heavy atom. The average Bonchev–Trinajstić information content (AvgIpc) is 3.07. The standard InChI is InChI=1S/C19H18ClN3O3S/c1-12-7-13(2)9-14(8-12)25-10-18-22-23-19(26-18)27-11-17(24)21-16-6-4-3-5-15(16)20/h3-9H,10-11H2,1-2H3,(H,21,24). The Bertz CT molecular complexity index is 925. The van der Waals surface area contributed by atoms with E-state index in [1.807, 2.05) is 26.0 Å². The van der Waals surface area contributed by atoms with Crippen LogP contribution in [0.25, 0.3) is 0 Å². The molecule has 0 bridgehead atoms. The zero-order chi connectivity index (χ0) is 19.2. The average molecular weight is 404 g/mol. The molecule has 0 saturated heterocycles. The van der Waals surface area contributed by atoms with Crippen molar-refractivity contribution in [1.82, 2.24) is 10.2 Å². The maximum atomic E-state index is 12.0. The van der Waals surface area contributed by atoms with Gasteiger partial charge in [0, 0.05) is 0 Å². The Morgan fingerprint density at radius 3 is 2.67 bits per heavy atom. The lowest BCUT2D eigenvalue weighted by Crippen LogP contribution is -2.14. The first-order valence-electron chi connectivity index (χ1n) is 8.20. The Kier molecular flexibility index (Phi) is 6.36. The maximum Gasteiger partial charge on any atom is 0.277 e. The molecule has 140 valence electrons. The molecule has 1 aromatic heterocycles. The number of ether oxygens (including phenoxy) is 1. The number of aryl methyl sites for hydroxylation is 2. The van der Waals surface area contributed by atoms with E-state index in [4.69, 9.17) is 20.8 Å². The topological polar surface area (TPSA) is 77.2 Å². The summed E-state index contributed by atoms with van der Waals surface area (Å²) in [7, 11) is 0. The SMILES string of the molecule is Cc1cc(C)cc(OCc2nnc(SCC(=O)Nc3ccccc3Cl)o2)c1. The minimum Gasteiger partial charge on any atom is -0.484 e. The highest BCUT2D eigenvalue weighted by molar-refractivity contribution is 7.99. The smallest absolute Gasteiger partial charge is 0.277 e. The molecule has 2 aromatic carbocycles. The molecule has 1 amide bonds. The van der Waals surface area contributed by atoms with E-state index in [1.54, 1.807) is 24.3 Å². The van der Waals surface area contributed by atoms with Crippen LogP contribution in [-0.4, -0.2) is 21.9 Å². The largest absolute Gasteiger partial charge is 0.484 e. The van der Waals surface area contributed by atoms with Crippen molar-refractivity contribution in [2.75, 3.05) is 11.1 Å². The monoisotopic (exact) mass is 403 g/mol. The lowest BCUT2D eigenvalue weighted by atomic mass is 10.1. The molecule has 0 unspecified atom stereocenters. The number of thioether (sulfide) groups is 1. The molecule has 0 aliphatic heterocycles. The molecule has 1 N–H and O–H groups in total. The number of hydrogen-bond donors (Lipinski definition) is 1. The van der Waals surface area contributed by atoms with E-state index in [1.165, 1.54) is 0 Å². The van der Waals surface area contributed by atoms with Gasteiger partial charge >= 0.3 is 0 Å². The van der Waals surface area contributed by atoms with E-state index in [-0.39, 0.29) is 18.3 Å². The van der Waals surface area contributed by atoms with Crippen molar-refractivity contribution < 1.29 is 13.9 Å². The molecule has 0 spiro atoms. The normalized spacial score (nSPS) is 10.6. The van der Waals surface area contributed by atoms with Gasteiger partial charge in [-0.3, -0.25) is 4.79 Å². The van der Waals surface area contributed by atoms with E-state index in [0.29, 0.717) is 21.8 Å². The summed E-state index contributed by atoms with van der Waals surface area (Å²) in [6.07, 6.45) is 0. The van der Waals surface area contributed by atoms with Crippen LogP contribution in [0.15, 0.2) is 52.1 Å². The van der Waals surface area contributed by atoms with E-state index >= 15 is 0 Å². The van der Waals surface area contributed by atoms with E-state index in [2.05, 4.69) is 21.6 Å². The number of nitrogens with one attached hydrogen (secondary N) is 1.